The number of carbonyl (C=O) groups excluding carboxylic acids is 1. The molecular formula is C18H18O. The number of rotatable bonds is 3. The molecular weight excluding hydrogens is 232 g/mol. The van der Waals surface area contributed by atoms with Crippen LogP contribution in [-0.2, 0) is 0 Å². The molecule has 0 saturated carbocycles. The van der Waals surface area contributed by atoms with Crippen LogP contribution in [0.1, 0.15) is 32.6 Å². The lowest BCUT2D eigenvalue weighted by Crippen LogP contribution is -1.94. The Kier molecular flexibility index (Phi) is 3.96. The molecule has 0 aliphatic heterocycles. The summed E-state index contributed by atoms with van der Waals surface area (Å²) in [6, 6.07) is 13.9. The van der Waals surface area contributed by atoms with E-state index in [-0.39, 0.29) is 5.78 Å². The van der Waals surface area contributed by atoms with Gasteiger partial charge in [-0.25, -0.2) is 0 Å². The first-order chi connectivity index (χ1) is 9.06. The first kappa shape index (κ1) is 13.3. The molecule has 1 heteroatoms. The molecule has 96 valence electrons. The summed E-state index contributed by atoms with van der Waals surface area (Å²) in [7, 11) is 0. The van der Waals surface area contributed by atoms with Crippen LogP contribution >= 0.6 is 0 Å². The number of hydrogen-bond acceptors (Lipinski definition) is 1. The van der Waals surface area contributed by atoms with E-state index in [0.29, 0.717) is 0 Å². The Bertz CT molecular complexity index is 619. The molecule has 0 fully saturated rings. The fraction of sp³-hybridized carbons (Fsp3) is 0.167. The van der Waals surface area contributed by atoms with Gasteiger partial charge in [-0.05, 0) is 38.0 Å². The highest BCUT2D eigenvalue weighted by atomic mass is 16.1. The van der Waals surface area contributed by atoms with Gasteiger partial charge in [0, 0.05) is 5.56 Å². The van der Waals surface area contributed by atoms with Gasteiger partial charge < -0.3 is 0 Å². The fourth-order valence-corrected chi connectivity index (χ4v) is 1.92. The summed E-state index contributed by atoms with van der Waals surface area (Å²) < 4.78 is 0. The van der Waals surface area contributed by atoms with E-state index in [2.05, 4.69) is 32.0 Å². The van der Waals surface area contributed by atoms with E-state index < -0.39 is 0 Å². The van der Waals surface area contributed by atoms with Crippen LogP contribution < -0.4 is 0 Å². The molecule has 1 nitrogen and oxygen atoms in total. The molecule has 0 unspecified atom stereocenters. The zero-order chi connectivity index (χ0) is 13.8. The van der Waals surface area contributed by atoms with E-state index in [9.17, 15) is 4.79 Å². The minimum Gasteiger partial charge on any atom is -0.289 e. The van der Waals surface area contributed by atoms with E-state index in [1.165, 1.54) is 11.1 Å². The molecule has 2 aromatic rings. The second-order valence-electron chi connectivity index (χ2n) is 4.92. The van der Waals surface area contributed by atoms with E-state index in [0.717, 1.165) is 16.7 Å². The van der Waals surface area contributed by atoms with Crippen LogP contribution in [0.5, 0.6) is 0 Å². The minimum absolute atomic E-state index is 0.0425. The van der Waals surface area contributed by atoms with Gasteiger partial charge in [-0.15, -0.1) is 0 Å². The van der Waals surface area contributed by atoms with E-state index in [4.69, 9.17) is 0 Å². The largest absolute Gasteiger partial charge is 0.289 e. The van der Waals surface area contributed by atoms with Crippen LogP contribution in [0.25, 0.3) is 6.08 Å². The Labute approximate surface area is 114 Å². The third kappa shape index (κ3) is 3.41. The van der Waals surface area contributed by atoms with Crippen molar-refractivity contribution >= 4 is 11.9 Å². The lowest BCUT2D eigenvalue weighted by molar-refractivity contribution is 0.104. The highest BCUT2D eigenvalue weighted by Gasteiger charge is 2.01. The molecule has 2 aromatic carbocycles. The lowest BCUT2D eigenvalue weighted by Gasteiger charge is -2.02. The third-order valence-corrected chi connectivity index (χ3v) is 3.19. The normalized spacial score (nSPS) is 10.9. The molecule has 0 aliphatic rings. The smallest absolute Gasteiger partial charge is 0.185 e. The Morgan fingerprint density at radius 1 is 0.895 bits per heavy atom. The van der Waals surface area contributed by atoms with Gasteiger partial charge in [-0.3, -0.25) is 4.79 Å². The second kappa shape index (κ2) is 5.66. The van der Waals surface area contributed by atoms with Gasteiger partial charge in [0.25, 0.3) is 0 Å². The monoisotopic (exact) mass is 250 g/mol. The molecule has 0 spiro atoms. The predicted molar refractivity (Wildman–Crippen MR) is 80.5 cm³/mol. The maximum Gasteiger partial charge on any atom is 0.185 e. The topological polar surface area (TPSA) is 17.1 Å². The van der Waals surface area contributed by atoms with Gasteiger partial charge >= 0.3 is 0 Å². The van der Waals surface area contributed by atoms with E-state index >= 15 is 0 Å². The number of allylic oxidation sites excluding steroid dienone is 1. The van der Waals surface area contributed by atoms with Crippen molar-refractivity contribution in [2.45, 2.75) is 20.8 Å². The highest BCUT2D eigenvalue weighted by Crippen LogP contribution is 2.13. The van der Waals surface area contributed by atoms with Crippen molar-refractivity contribution in [3.8, 4) is 0 Å². The van der Waals surface area contributed by atoms with Crippen LogP contribution in [0.15, 0.2) is 48.5 Å². The van der Waals surface area contributed by atoms with Crippen molar-refractivity contribution in [3.05, 3.63) is 76.4 Å². The second-order valence-corrected chi connectivity index (χ2v) is 4.92. The van der Waals surface area contributed by atoms with Crippen molar-refractivity contribution in [1.29, 1.82) is 0 Å². The molecule has 0 N–H and O–H groups in total. The van der Waals surface area contributed by atoms with Crippen LogP contribution in [0, 0.1) is 20.8 Å². The Morgan fingerprint density at radius 3 is 2.21 bits per heavy atom. The number of ketones is 1. The van der Waals surface area contributed by atoms with Gasteiger partial charge in [0.05, 0.1) is 0 Å². The quantitative estimate of drug-likeness (QED) is 0.578. The molecule has 0 bridgehead atoms. The van der Waals surface area contributed by atoms with Crippen molar-refractivity contribution in [1.82, 2.24) is 0 Å². The zero-order valence-corrected chi connectivity index (χ0v) is 11.6. The summed E-state index contributed by atoms with van der Waals surface area (Å²) in [5, 5.41) is 0. The Balaban J connectivity index is 2.20. The summed E-state index contributed by atoms with van der Waals surface area (Å²) in [5.74, 6) is 0.0425. The molecule has 0 aliphatic carbocycles. The van der Waals surface area contributed by atoms with Gasteiger partial charge in [-0.1, -0.05) is 59.7 Å². The van der Waals surface area contributed by atoms with Crippen molar-refractivity contribution in [2.75, 3.05) is 0 Å². The number of hydrogen-bond donors (Lipinski definition) is 0. The van der Waals surface area contributed by atoms with Crippen LogP contribution in [0.3, 0.4) is 0 Å². The summed E-state index contributed by atoms with van der Waals surface area (Å²) in [5.41, 5.74) is 5.37. The summed E-state index contributed by atoms with van der Waals surface area (Å²) >= 11 is 0. The Hall–Kier alpha value is -2.15. The van der Waals surface area contributed by atoms with Gasteiger partial charge in [0.1, 0.15) is 0 Å². The molecule has 2 rings (SSSR count). The molecule has 19 heavy (non-hydrogen) atoms. The lowest BCUT2D eigenvalue weighted by atomic mass is 10.0. The van der Waals surface area contributed by atoms with Crippen LogP contribution in [-0.4, -0.2) is 5.78 Å². The van der Waals surface area contributed by atoms with Crippen LogP contribution in [0.2, 0.25) is 0 Å². The Morgan fingerprint density at radius 2 is 1.53 bits per heavy atom. The number of carbonyl (C=O) groups is 1. The van der Waals surface area contributed by atoms with E-state index in [1.807, 2.05) is 37.3 Å². The molecule has 0 atom stereocenters. The third-order valence-electron chi connectivity index (χ3n) is 3.19. The highest BCUT2D eigenvalue weighted by molar-refractivity contribution is 6.06. The maximum absolute atomic E-state index is 12.0. The molecule has 0 heterocycles. The number of benzene rings is 2. The van der Waals surface area contributed by atoms with Gasteiger partial charge in [0.15, 0.2) is 5.78 Å². The summed E-state index contributed by atoms with van der Waals surface area (Å²) in [6.07, 6.45) is 3.54. The average molecular weight is 250 g/mol. The molecule has 0 amide bonds. The van der Waals surface area contributed by atoms with Crippen LogP contribution in [0.4, 0.5) is 0 Å². The van der Waals surface area contributed by atoms with Crippen molar-refractivity contribution in [2.24, 2.45) is 0 Å². The average Bonchev–Trinajstić information content (AvgIpc) is 2.40. The van der Waals surface area contributed by atoms with Gasteiger partial charge in [-0.2, -0.15) is 0 Å². The fourth-order valence-electron chi connectivity index (χ4n) is 1.92. The summed E-state index contributed by atoms with van der Waals surface area (Å²) in [6.45, 7) is 6.12. The van der Waals surface area contributed by atoms with Crippen molar-refractivity contribution < 1.29 is 4.79 Å². The predicted octanol–water partition coefficient (Wildman–Crippen LogP) is 4.51. The van der Waals surface area contributed by atoms with Crippen molar-refractivity contribution in [3.63, 3.8) is 0 Å². The zero-order valence-electron chi connectivity index (χ0n) is 11.6. The first-order valence-corrected chi connectivity index (χ1v) is 6.42. The molecule has 0 radical (unpaired) electrons. The number of aryl methyl sites for hydroxylation is 3. The summed E-state index contributed by atoms with van der Waals surface area (Å²) in [4.78, 5) is 12.0. The molecule has 0 aromatic heterocycles. The SMILES string of the molecule is Cc1ccc(C(=O)/C=C/c2cc(C)ccc2C)cc1. The van der Waals surface area contributed by atoms with Gasteiger partial charge in [0.2, 0.25) is 0 Å². The maximum atomic E-state index is 12.0. The molecule has 0 saturated heterocycles. The standard InChI is InChI=1S/C18H18O/c1-13-5-8-16(9-6-13)18(19)11-10-17-12-14(2)4-7-15(17)3/h4-12H,1-3H3/b11-10+. The minimum atomic E-state index is 0.0425. The first-order valence-electron chi connectivity index (χ1n) is 6.42. The van der Waals surface area contributed by atoms with E-state index in [1.54, 1.807) is 6.08 Å².